The van der Waals surface area contributed by atoms with Gasteiger partial charge in [0.15, 0.2) is 0 Å². The van der Waals surface area contributed by atoms with Gasteiger partial charge < -0.3 is 4.90 Å². The third-order valence-corrected chi connectivity index (χ3v) is 3.22. The molecule has 0 bridgehead atoms. The summed E-state index contributed by atoms with van der Waals surface area (Å²) in [5, 5.41) is 4.21. The molecule has 1 aliphatic heterocycles. The molecule has 0 radical (unpaired) electrons. The summed E-state index contributed by atoms with van der Waals surface area (Å²) in [5.74, 6) is 1.66. The molecule has 0 N–H and O–H groups in total. The smallest absolute Gasteiger partial charge is 0.0752 e. The highest BCUT2D eigenvalue weighted by atomic mass is 15.3. The van der Waals surface area contributed by atoms with Crippen molar-refractivity contribution in [1.82, 2.24) is 9.78 Å². The van der Waals surface area contributed by atoms with E-state index in [2.05, 4.69) is 30.0 Å². The first kappa shape index (κ1) is 9.56. The van der Waals surface area contributed by atoms with Gasteiger partial charge in [-0.15, -0.1) is 0 Å². The molecule has 0 spiro atoms. The third kappa shape index (κ3) is 1.76. The van der Waals surface area contributed by atoms with Crippen molar-refractivity contribution in [2.24, 2.45) is 18.9 Å². The predicted octanol–water partition coefficient (Wildman–Crippen LogP) is 1.90. The van der Waals surface area contributed by atoms with Crippen LogP contribution in [0, 0.1) is 11.8 Å². The molecule has 3 heteroatoms. The number of aryl methyl sites for hydroxylation is 1. The third-order valence-electron chi connectivity index (χ3n) is 3.22. The molecule has 3 nitrogen and oxygen atoms in total. The molecule has 0 aliphatic carbocycles. The zero-order valence-electron chi connectivity index (χ0n) is 9.27. The number of rotatable bonds is 2. The minimum absolute atomic E-state index is 0.802. The van der Waals surface area contributed by atoms with Crippen molar-refractivity contribution in [3.63, 3.8) is 0 Å². The van der Waals surface area contributed by atoms with E-state index in [1.807, 2.05) is 17.9 Å². The summed E-state index contributed by atoms with van der Waals surface area (Å²) < 4.78 is 1.87. The fraction of sp³-hybridized carbons (Fsp3) is 0.727. The Kier molecular flexibility index (Phi) is 2.48. The van der Waals surface area contributed by atoms with E-state index in [1.54, 1.807) is 0 Å². The van der Waals surface area contributed by atoms with Crippen LogP contribution in [0.5, 0.6) is 0 Å². The fourth-order valence-electron chi connectivity index (χ4n) is 2.14. The van der Waals surface area contributed by atoms with Crippen molar-refractivity contribution < 1.29 is 0 Å². The SMILES string of the molecule is CC(C)C1CCN(c2cnn(C)c2)C1. The molecule has 1 saturated heterocycles. The van der Waals surface area contributed by atoms with Crippen LogP contribution in [-0.2, 0) is 7.05 Å². The van der Waals surface area contributed by atoms with Gasteiger partial charge in [0.25, 0.3) is 0 Å². The van der Waals surface area contributed by atoms with Crippen molar-refractivity contribution in [2.45, 2.75) is 20.3 Å². The zero-order valence-corrected chi connectivity index (χ0v) is 9.27. The highest BCUT2D eigenvalue weighted by Gasteiger charge is 2.25. The van der Waals surface area contributed by atoms with Crippen molar-refractivity contribution in [1.29, 1.82) is 0 Å². The normalized spacial score (nSPS) is 22.3. The Morgan fingerprint density at radius 2 is 2.29 bits per heavy atom. The van der Waals surface area contributed by atoms with Crippen LogP contribution in [0.2, 0.25) is 0 Å². The molecule has 0 saturated carbocycles. The van der Waals surface area contributed by atoms with Crippen LogP contribution >= 0.6 is 0 Å². The number of aromatic nitrogens is 2. The molecule has 0 aromatic carbocycles. The molecule has 2 rings (SSSR count). The van der Waals surface area contributed by atoms with Crippen molar-refractivity contribution >= 4 is 5.69 Å². The Hall–Kier alpha value is -0.990. The fourth-order valence-corrected chi connectivity index (χ4v) is 2.14. The van der Waals surface area contributed by atoms with E-state index < -0.39 is 0 Å². The summed E-state index contributed by atoms with van der Waals surface area (Å²) in [7, 11) is 1.97. The summed E-state index contributed by atoms with van der Waals surface area (Å²) in [6, 6.07) is 0. The van der Waals surface area contributed by atoms with E-state index in [0.717, 1.165) is 11.8 Å². The second-order valence-electron chi connectivity index (χ2n) is 4.61. The topological polar surface area (TPSA) is 21.1 Å². The Bertz CT molecular complexity index is 303. The van der Waals surface area contributed by atoms with Gasteiger partial charge in [0.2, 0.25) is 0 Å². The summed E-state index contributed by atoms with van der Waals surface area (Å²) in [6.07, 6.45) is 5.39. The lowest BCUT2D eigenvalue weighted by Gasteiger charge is -2.17. The molecule has 1 unspecified atom stereocenters. The minimum atomic E-state index is 0.802. The van der Waals surface area contributed by atoms with Crippen molar-refractivity contribution in [3.8, 4) is 0 Å². The number of nitrogens with zero attached hydrogens (tertiary/aromatic N) is 3. The van der Waals surface area contributed by atoms with E-state index in [9.17, 15) is 0 Å². The largest absolute Gasteiger partial charge is 0.369 e. The van der Waals surface area contributed by atoms with Gasteiger partial charge in [-0.25, -0.2) is 0 Å². The minimum Gasteiger partial charge on any atom is -0.369 e. The molecule has 78 valence electrons. The second-order valence-corrected chi connectivity index (χ2v) is 4.61. The van der Waals surface area contributed by atoms with Gasteiger partial charge in [0.1, 0.15) is 0 Å². The highest BCUT2D eigenvalue weighted by molar-refractivity contribution is 5.43. The van der Waals surface area contributed by atoms with Crippen LogP contribution in [0.4, 0.5) is 5.69 Å². The van der Waals surface area contributed by atoms with Crippen molar-refractivity contribution in [2.75, 3.05) is 18.0 Å². The molecular formula is C11H19N3. The number of hydrogen-bond donors (Lipinski definition) is 0. The van der Waals surface area contributed by atoms with Gasteiger partial charge in [0, 0.05) is 26.3 Å². The van der Waals surface area contributed by atoms with Gasteiger partial charge in [-0.05, 0) is 18.3 Å². The Balaban J connectivity index is 2.02. The molecule has 2 heterocycles. The standard InChI is InChI=1S/C11H19N3/c1-9(2)10-4-5-14(7-10)11-6-12-13(3)8-11/h6,8-10H,4-5,7H2,1-3H3. The van der Waals surface area contributed by atoms with E-state index in [0.29, 0.717) is 0 Å². The predicted molar refractivity (Wildman–Crippen MR) is 58.4 cm³/mol. The maximum Gasteiger partial charge on any atom is 0.0752 e. The number of hydrogen-bond acceptors (Lipinski definition) is 2. The lowest BCUT2D eigenvalue weighted by molar-refractivity contribution is 0.423. The van der Waals surface area contributed by atoms with Gasteiger partial charge in [-0.1, -0.05) is 13.8 Å². The highest BCUT2D eigenvalue weighted by Crippen LogP contribution is 2.27. The first-order valence-corrected chi connectivity index (χ1v) is 5.40. The van der Waals surface area contributed by atoms with E-state index in [1.165, 1.54) is 25.2 Å². The lowest BCUT2D eigenvalue weighted by Crippen LogP contribution is -2.20. The van der Waals surface area contributed by atoms with Crippen LogP contribution in [0.25, 0.3) is 0 Å². The van der Waals surface area contributed by atoms with E-state index >= 15 is 0 Å². The van der Waals surface area contributed by atoms with Crippen LogP contribution in [0.15, 0.2) is 12.4 Å². The monoisotopic (exact) mass is 193 g/mol. The first-order valence-electron chi connectivity index (χ1n) is 5.40. The van der Waals surface area contributed by atoms with Gasteiger partial charge in [-0.3, -0.25) is 4.68 Å². The maximum atomic E-state index is 4.21. The molecule has 1 atom stereocenters. The van der Waals surface area contributed by atoms with Gasteiger partial charge in [-0.2, -0.15) is 5.10 Å². The van der Waals surface area contributed by atoms with Crippen LogP contribution < -0.4 is 4.90 Å². The van der Waals surface area contributed by atoms with Crippen LogP contribution in [-0.4, -0.2) is 22.9 Å². The summed E-state index contributed by atoms with van der Waals surface area (Å²) in [4.78, 5) is 2.44. The van der Waals surface area contributed by atoms with Crippen LogP contribution in [0.1, 0.15) is 20.3 Å². The van der Waals surface area contributed by atoms with E-state index in [4.69, 9.17) is 0 Å². The summed E-state index contributed by atoms with van der Waals surface area (Å²) in [5.41, 5.74) is 1.27. The van der Waals surface area contributed by atoms with Gasteiger partial charge in [0.05, 0.1) is 11.9 Å². The molecule has 14 heavy (non-hydrogen) atoms. The first-order chi connectivity index (χ1) is 6.66. The number of anilines is 1. The summed E-state index contributed by atoms with van der Waals surface area (Å²) >= 11 is 0. The van der Waals surface area contributed by atoms with Crippen molar-refractivity contribution in [3.05, 3.63) is 12.4 Å². The van der Waals surface area contributed by atoms with Gasteiger partial charge >= 0.3 is 0 Å². The molecule has 1 aromatic rings. The average molecular weight is 193 g/mol. The molecule has 1 aromatic heterocycles. The molecule has 1 aliphatic rings. The quantitative estimate of drug-likeness (QED) is 0.715. The lowest BCUT2D eigenvalue weighted by atomic mass is 9.95. The molecular weight excluding hydrogens is 174 g/mol. The molecule has 1 fully saturated rings. The Labute approximate surface area is 85.7 Å². The summed E-state index contributed by atoms with van der Waals surface area (Å²) in [6.45, 7) is 7.02. The average Bonchev–Trinajstić information content (AvgIpc) is 2.70. The zero-order chi connectivity index (χ0) is 10.1. The van der Waals surface area contributed by atoms with E-state index in [-0.39, 0.29) is 0 Å². The molecule has 0 amide bonds. The van der Waals surface area contributed by atoms with Crippen LogP contribution in [0.3, 0.4) is 0 Å². The Morgan fingerprint density at radius 3 is 2.79 bits per heavy atom. The maximum absolute atomic E-state index is 4.21. The Morgan fingerprint density at radius 1 is 1.50 bits per heavy atom. The second kappa shape index (κ2) is 3.64.